The first-order valence-corrected chi connectivity index (χ1v) is 6.81. The number of aliphatic hydroxyl groups excluding tert-OH is 1. The predicted octanol–water partition coefficient (Wildman–Crippen LogP) is 4.23. The van der Waals surface area contributed by atoms with Crippen LogP contribution in [-0.2, 0) is 0 Å². The highest BCUT2D eigenvalue weighted by molar-refractivity contribution is 5.15. The molecule has 0 aromatic heterocycles. The van der Waals surface area contributed by atoms with Gasteiger partial charge >= 0.3 is 0 Å². The number of aliphatic hydroxyl groups is 1. The smallest absolute Gasteiger partial charge is 0.0493 e. The molecule has 0 aromatic rings. The molecule has 1 unspecified atom stereocenters. The molecule has 0 fully saturated rings. The Bertz CT molecular complexity index is 228. The minimum Gasteiger partial charge on any atom is -0.396 e. The van der Waals surface area contributed by atoms with E-state index in [9.17, 15) is 5.11 Å². The Morgan fingerprint density at radius 2 is 1.81 bits per heavy atom. The number of rotatable bonds is 2. The molecule has 0 bridgehead atoms. The highest BCUT2D eigenvalue weighted by Crippen LogP contribution is 2.19. The van der Waals surface area contributed by atoms with Crippen molar-refractivity contribution in [3.63, 3.8) is 0 Å². The fourth-order valence-electron chi connectivity index (χ4n) is 2.20. The van der Waals surface area contributed by atoms with Gasteiger partial charge in [-0.25, -0.2) is 0 Å². The van der Waals surface area contributed by atoms with E-state index in [2.05, 4.69) is 25.2 Å². The normalized spacial score (nSPS) is 27.0. The van der Waals surface area contributed by atoms with E-state index in [0.29, 0.717) is 5.92 Å². The molecule has 1 rings (SSSR count). The lowest BCUT2D eigenvalue weighted by Gasteiger charge is -2.13. The Morgan fingerprint density at radius 3 is 2.56 bits per heavy atom. The van der Waals surface area contributed by atoms with E-state index in [1.807, 2.05) is 0 Å². The van der Waals surface area contributed by atoms with Crippen LogP contribution in [-0.4, -0.2) is 11.7 Å². The average molecular weight is 222 g/mol. The molecule has 0 saturated carbocycles. The third kappa shape index (κ3) is 5.50. The van der Waals surface area contributed by atoms with Gasteiger partial charge in [0.1, 0.15) is 0 Å². The van der Waals surface area contributed by atoms with Gasteiger partial charge in [-0.2, -0.15) is 0 Å². The second kappa shape index (κ2) is 8.58. The summed E-state index contributed by atoms with van der Waals surface area (Å²) in [5.74, 6) is 0.326. The standard InChI is InChI=1S/C15H26O/c1-14(13-16)15-11-9-7-5-3-2-4-6-8-10-12-15/h7,9,11,14,16H,2-6,8,10,12-13H2,1H3/b9-7-,15-11+. The average Bonchev–Trinajstić information content (AvgIpc) is 2.29. The number of allylic oxidation sites excluding steroid dienone is 3. The van der Waals surface area contributed by atoms with Gasteiger partial charge in [0.2, 0.25) is 0 Å². The van der Waals surface area contributed by atoms with Gasteiger partial charge < -0.3 is 5.11 Å². The molecule has 0 saturated heterocycles. The van der Waals surface area contributed by atoms with Crippen molar-refractivity contribution < 1.29 is 5.11 Å². The fourth-order valence-corrected chi connectivity index (χ4v) is 2.20. The minimum absolute atomic E-state index is 0.277. The summed E-state index contributed by atoms with van der Waals surface area (Å²) >= 11 is 0. The SMILES string of the molecule is CC(CO)/C1=C/C=C\CCCCCCCC1. The Labute approximate surface area is 100 Å². The summed E-state index contributed by atoms with van der Waals surface area (Å²) in [6.45, 7) is 2.39. The zero-order valence-electron chi connectivity index (χ0n) is 10.6. The van der Waals surface area contributed by atoms with Crippen LogP contribution in [0.4, 0.5) is 0 Å². The van der Waals surface area contributed by atoms with Crippen molar-refractivity contribution in [3.8, 4) is 0 Å². The Kier molecular flexibility index (Phi) is 7.24. The Hall–Kier alpha value is -0.560. The second-order valence-electron chi connectivity index (χ2n) is 4.91. The van der Waals surface area contributed by atoms with Gasteiger partial charge in [0.15, 0.2) is 0 Å². The Morgan fingerprint density at radius 1 is 1.12 bits per heavy atom. The van der Waals surface area contributed by atoms with Crippen molar-refractivity contribution in [1.82, 2.24) is 0 Å². The van der Waals surface area contributed by atoms with Crippen LogP contribution in [0.2, 0.25) is 0 Å². The molecule has 1 heteroatoms. The third-order valence-corrected chi connectivity index (χ3v) is 3.44. The van der Waals surface area contributed by atoms with Gasteiger partial charge in [0.05, 0.1) is 0 Å². The molecular formula is C15H26O. The van der Waals surface area contributed by atoms with Crippen LogP contribution in [0.5, 0.6) is 0 Å². The molecule has 1 N–H and O–H groups in total. The van der Waals surface area contributed by atoms with Crippen molar-refractivity contribution in [2.24, 2.45) is 5.92 Å². The molecule has 0 spiro atoms. The van der Waals surface area contributed by atoms with Crippen molar-refractivity contribution >= 4 is 0 Å². The monoisotopic (exact) mass is 222 g/mol. The van der Waals surface area contributed by atoms with Gasteiger partial charge in [0.25, 0.3) is 0 Å². The first kappa shape index (κ1) is 13.5. The number of hydrogen-bond acceptors (Lipinski definition) is 1. The summed E-state index contributed by atoms with van der Waals surface area (Å²) in [6.07, 6.45) is 17.2. The molecule has 1 aliphatic rings. The quantitative estimate of drug-likeness (QED) is 0.741. The van der Waals surface area contributed by atoms with Crippen LogP contribution in [0, 0.1) is 5.92 Å². The molecule has 0 aromatic carbocycles. The molecule has 1 nitrogen and oxygen atoms in total. The lowest BCUT2D eigenvalue weighted by molar-refractivity contribution is 0.253. The minimum atomic E-state index is 0.277. The maximum Gasteiger partial charge on any atom is 0.0493 e. The van der Waals surface area contributed by atoms with E-state index in [1.165, 1.54) is 50.5 Å². The van der Waals surface area contributed by atoms with E-state index < -0.39 is 0 Å². The van der Waals surface area contributed by atoms with E-state index in [0.717, 1.165) is 6.42 Å². The van der Waals surface area contributed by atoms with Crippen LogP contribution >= 0.6 is 0 Å². The molecule has 16 heavy (non-hydrogen) atoms. The van der Waals surface area contributed by atoms with Crippen LogP contribution in [0.15, 0.2) is 23.8 Å². The zero-order chi connectivity index (χ0) is 11.6. The lowest BCUT2D eigenvalue weighted by Crippen LogP contribution is -2.04. The van der Waals surface area contributed by atoms with Crippen LogP contribution in [0.1, 0.15) is 58.3 Å². The maximum absolute atomic E-state index is 9.21. The van der Waals surface area contributed by atoms with Crippen LogP contribution in [0.3, 0.4) is 0 Å². The zero-order valence-corrected chi connectivity index (χ0v) is 10.6. The first-order chi connectivity index (χ1) is 7.84. The maximum atomic E-state index is 9.21. The molecule has 0 heterocycles. The van der Waals surface area contributed by atoms with E-state index in [-0.39, 0.29) is 6.61 Å². The molecular weight excluding hydrogens is 196 g/mol. The summed E-state index contributed by atoms with van der Waals surface area (Å²) in [5.41, 5.74) is 1.42. The van der Waals surface area contributed by atoms with E-state index in [4.69, 9.17) is 0 Å². The molecule has 1 atom stereocenters. The summed E-state index contributed by atoms with van der Waals surface area (Å²) in [6, 6.07) is 0. The fraction of sp³-hybridized carbons (Fsp3) is 0.733. The van der Waals surface area contributed by atoms with Crippen LogP contribution in [0.25, 0.3) is 0 Å². The summed E-state index contributed by atoms with van der Waals surface area (Å²) in [4.78, 5) is 0. The first-order valence-electron chi connectivity index (χ1n) is 6.81. The molecule has 0 aliphatic heterocycles. The Balaban J connectivity index is 2.54. The highest BCUT2D eigenvalue weighted by Gasteiger charge is 2.06. The lowest BCUT2D eigenvalue weighted by atomic mass is 9.94. The van der Waals surface area contributed by atoms with Crippen molar-refractivity contribution in [3.05, 3.63) is 23.8 Å². The molecule has 92 valence electrons. The topological polar surface area (TPSA) is 20.2 Å². The second-order valence-corrected chi connectivity index (χ2v) is 4.91. The van der Waals surface area contributed by atoms with Crippen molar-refractivity contribution in [1.29, 1.82) is 0 Å². The summed E-state index contributed by atoms with van der Waals surface area (Å²) in [7, 11) is 0. The summed E-state index contributed by atoms with van der Waals surface area (Å²) < 4.78 is 0. The predicted molar refractivity (Wildman–Crippen MR) is 70.4 cm³/mol. The largest absolute Gasteiger partial charge is 0.396 e. The molecule has 1 aliphatic carbocycles. The number of hydrogen-bond donors (Lipinski definition) is 1. The van der Waals surface area contributed by atoms with Gasteiger partial charge in [-0.3, -0.25) is 0 Å². The van der Waals surface area contributed by atoms with E-state index in [1.54, 1.807) is 0 Å². The molecule has 0 radical (unpaired) electrons. The van der Waals surface area contributed by atoms with Crippen molar-refractivity contribution in [2.75, 3.05) is 6.61 Å². The van der Waals surface area contributed by atoms with E-state index >= 15 is 0 Å². The third-order valence-electron chi connectivity index (χ3n) is 3.44. The summed E-state index contributed by atoms with van der Waals surface area (Å²) in [5, 5.41) is 9.21. The van der Waals surface area contributed by atoms with Crippen molar-refractivity contribution in [2.45, 2.75) is 58.3 Å². The van der Waals surface area contributed by atoms with Gasteiger partial charge in [-0.15, -0.1) is 0 Å². The highest BCUT2D eigenvalue weighted by atomic mass is 16.3. The van der Waals surface area contributed by atoms with Gasteiger partial charge in [-0.05, 0) is 25.7 Å². The van der Waals surface area contributed by atoms with Gasteiger partial charge in [0, 0.05) is 12.5 Å². The van der Waals surface area contributed by atoms with Crippen LogP contribution < -0.4 is 0 Å². The van der Waals surface area contributed by atoms with Gasteiger partial charge in [-0.1, -0.05) is 56.4 Å². The molecule has 0 amide bonds.